The summed E-state index contributed by atoms with van der Waals surface area (Å²) < 4.78 is 5.30. The first-order chi connectivity index (χ1) is 12.6. The van der Waals surface area contributed by atoms with E-state index in [4.69, 9.17) is 27.9 Å². The number of likely N-dealkylation sites (tertiary alicyclic amines) is 1. The third-order valence-corrected chi connectivity index (χ3v) is 5.25. The predicted molar refractivity (Wildman–Crippen MR) is 106 cm³/mol. The molecule has 6 heteroatoms. The molecule has 2 aromatic rings. The van der Waals surface area contributed by atoms with E-state index in [-0.39, 0.29) is 11.8 Å². The lowest BCUT2D eigenvalue weighted by molar-refractivity contribution is -0.121. The second kappa shape index (κ2) is 8.76. The fourth-order valence-corrected chi connectivity index (χ4v) is 3.66. The Kier molecular flexibility index (Phi) is 6.41. The molecule has 1 atom stereocenters. The fraction of sp³-hybridized carbons (Fsp3) is 0.350. The van der Waals surface area contributed by atoms with Crippen molar-refractivity contribution in [3.05, 3.63) is 58.1 Å². The molecule has 1 heterocycles. The molecular weight excluding hydrogens is 371 g/mol. The minimum Gasteiger partial charge on any atom is -0.495 e. The minimum atomic E-state index is -0.0741. The van der Waals surface area contributed by atoms with E-state index < -0.39 is 0 Å². The van der Waals surface area contributed by atoms with Crippen molar-refractivity contribution >= 4 is 34.8 Å². The zero-order valence-corrected chi connectivity index (χ0v) is 16.2. The number of halogens is 2. The molecule has 0 spiro atoms. The molecule has 0 saturated carbocycles. The van der Waals surface area contributed by atoms with Crippen LogP contribution in [0.4, 0.5) is 5.69 Å². The average molecular weight is 393 g/mol. The molecule has 0 bridgehead atoms. The number of anilines is 1. The van der Waals surface area contributed by atoms with Gasteiger partial charge in [-0.05, 0) is 49.2 Å². The van der Waals surface area contributed by atoms with Crippen LogP contribution in [0.3, 0.4) is 0 Å². The van der Waals surface area contributed by atoms with Crippen molar-refractivity contribution in [2.24, 2.45) is 5.92 Å². The number of carbonyl (C=O) groups is 1. The highest BCUT2D eigenvalue weighted by Crippen LogP contribution is 2.29. The van der Waals surface area contributed by atoms with Crippen LogP contribution in [-0.2, 0) is 11.3 Å². The van der Waals surface area contributed by atoms with Crippen molar-refractivity contribution in [2.75, 3.05) is 25.5 Å². The molecule has 4 nitrogen and oxygen atoms in total. The quantitative estimate of drug-likeness (QED) is 0.790. The maximum absolute atomic E-state index is 12.7. The zero-order chi connectivity index (χ0) is 18.5. The highest BCUT2D eigenvalue weighted by molar-refractivity contribution is 6.31. The molecule has 1 unspecified atom stereocenters. The van der Waals surface area contributed by atoms with Crippen molar-refractivity contribution in [1.29, 1.82) is 0 Å². The number of methoxy groups -OCH3 is 1. The molecule has 2 aromatic carbocycles. The van der Waals surface area contributed by atoms with Gasteiger partial charge in [-0.3, -0.25) is 9.69 Å². The third kappa shape index (κ3) is 4.70. The number of hydrogen-bond acceptors (Lipinski definition) is 3. The average Bonchev–Trinajstić information content (AvgIpc) is 2.64. The molecule has 1 saturated heterocycles. The second-order valence-corrected chi connectivity index (χ2v) is 7.34. The number of amides is 1. The van der Waals surface area contributed by atoms with Crippen LogP contribution < -0.4 is 10.1 Å². The Labute approximate surface area is 164 Å². The van der Waals surface area contributed by atoms with Gasteiger partial charge in [0.2, 0.25) is 5.91 Å². The van der Waals surface area contributed by atoms with E-state index >= 15 is 0 Å². The normalized spacial score (nSPS) is 17.7. The Morgan fingerprint density at radius 2 is 2.08 bits per heavy atom. The van der Waals surface area contributed by atoms with Gasteiger partial charge in [-0.2, -0.15) is 0 Å². The summed E-state index contributed by atoms with van der Waals surface area (Å²) in [5.74, 6) is 0.524. The van der Waals surface area contributed by atoms with Gasteiger partial charge in [0.15, 0.2) is 0 Å². The second-order valence-electron chi connectivity index (χ2n) is 6.50. The van der Waals surface area contributed by atoms with Gasteiger partial charge in [0, 0.05) is 23.1 Å². The molecule has 1 N–H and O–H groups in total. The standard InChI is InChI=1S/C20H22Cl2N2O2/c1-26-19-9-8-16(21)11-18(19)23-20(25)15-6-4-10-24(13-15)12-14-5-2-3-7-17(14)22/h2-3,5,7-9,11,15H,4,6,10,12-13H2,1H3,(H,23,25). The summed E-state index contributed by atoms with van der Waals surface area (Å²) in [5.41, 5.74) is 1.69. The number of hydrogen-bond donors (Lipinski definition) is 1. The van der Waals surface area contributed by atoms with Crippen molar-refractivity contribution in [1.82, 2.24) is 4.90 Å². The van der Waals surface area contributed by atoms with Gasteiger partial charge < -0.3 is 10.1 Å². The number of carbonyl (C=O) groups excluding carboxylic acids is 1. The maximum Gasteiger partial charge on any atom is 0.228 e. The van der Waals surface area contributed by atoms with Gasteiger partial charge in [0.25, 0.3) is 0 Å². The molecule has 0 aromatic heterocycles. The summed E-state index contributed by atoms with van der Waals surface area (Å²) in [7, 11) is 1.57. The Balaban J connectivity index is 1.65. The molecule has 1 aliphatic rings. The van der Waals surface area contributed by atoms with Crippen LogP contribution >= 0.6 is 23.2 Å². The van der Waals surface area contributed by atoms with Crippen LogP contribution in [0.2, 0.25) is 10.0 Å². The molecule has 1 amide bonds. The Morgan fingerprint density at radius 3 is 2.85 bits per heavy atom. The van der Waals surface area contributed by atoms with E-state index in [1.165, 1.54) is 0 Å². The van der Waals surface area contributed by atoms with Crippen molar-refractivity contribution in [3.63, 3.8) is 0 Å². The van der Waals surface area contributed by atoms with Crippen LogP contribution in [0.15, 0.2) is 42.5 Å². The van der Waals surface area contributed by atoms with Gasteiger partial charge in [-0.1, -0.05) is 41.4 Å². The highest BCUT2D eigenvalue weighted by Gasteiger charge is 2.26. The van der Waals surface area contributed by atoms with Gasteiger partial charge in [0.05, 0.1) is 18.7 Å². The van der Waals surface area contributed by atoms with Crippen LogP contribution in [0, 0.1) is 5.92 Å². The molecule has 26 heavy (non-hydrogen) atoms. The number of ether oxygens (including phenoxy) is 1. The van der Waals surface area contributed by atoms with Crippen LogP contribution in [-0.4, -0.2) is 31.0 Å². The fourth-order valence-electron chi connectivity index (χ4n) is 3.29. The smallest absolute Gasteiger partial charge is 0.228 e. The van der Waals surface area contributed by atoms with Gasteiger partial charge in [-0.15, -0.1) is 0 Å². The largest absolute Gasteiger partial charge is 0.495 e. The van der Waals surface area contributed by atoms with Crippen molar-refractivity contribution in [2.45, 2.75) is 19.4 Å². The summed E-state index contributed by atoms with van der Waals surface area (Å²) in [5, 5.41) is 4.29. The minimum absolute atomic E-state index is 0.00516. The van der Waals surface area contributed by atoms with Gasteiger partial charge in [-0.25, -0.2) is 0 Å². The van der Waals surface area contributed by atoms with Gasteiger partial charge in [0.1, 0.15) is 5.75 Å². The molecule has 3 rings (SSSR count). The summed E-state index contributed by atoms with van der Waals surface area (Å²) in [6.07, 6.45) is 1.85. The first-order valence-electron chi connectivity index (χ1n) is 8.67. The van der Waals surface area contributed by atoms with E-state index in [1.54, 1.807) is 25.3 Å². The lowest BCUT2D eigenvalue weighted by Gasteiger charge is -2.32. The van der Waals surface area contributed by atoms with Crippen LogP contribution in [0.25, 0.3) is 0 Å². The third-order valence-electron chi connectivity index (χ3n) is 4.65. The van der Waals surface area contributed by atoms with E-state index in [2.05, 4.69) is 10.2 Å². The van der Waals surface area contributed by atoms with E-state index in [9.17, 15) is 4.79 Å². The molecule has 0 aliphatic carbocycles. The zero-order valence-electron chi connectivity index (χ0n) is 14.7. The van der Waals surface area contributed by atoms with Crippen LogP contribution in [0.5, 0.6) is 5.75 Å². The molecular formula is C20H22Cl2N2O2. The highest BCUT2D eigenvalue weighted by atomic mass is 35.5. The SMILES string of the molecule is COc1ccc(Cl)cc1NC(=O)C1CCCN(Cc2ccccc2Cl)C1. The Morgan fingerprint density at radius 1 is 1.27 bits per heavy atom. The van der Waals surface area contributed by atoms with Crippen LogP contribution in [0.1, 0.15) is 18.4 Å². The number of benzene rings is 2. The number of nitrogens with one attached hydrogen (secondary N) is 1. The van der Waals surface area contributed by atoms with E-state index in [0.29, 0.717) is 23.0 Å². The lowest BCUT2D eigenvalue weighted by atomic mass is 9.96. The van der Waals surface area contributed by atoms with Crippen molar-refractivity contribution < 1.29 is 9.53 Å². The molecule has 138 valence electrons. The summed E-state index contributed by atoms with van der Waals surface area (Å²) in [6, 6.07) is 13.0. The Bertz CT molecular complexity index is 782. The number of piperidine rings is 1. The summed E-state index contributed by atoms with van der Waals surface area (Å²) in [6.45, 7) is 2.43. The maximum atomic E-state index is 12.7. The first kappa shape index (κ1) is 19.0. The summed E-state index contributed by atoms with van der Waals surface area (Å²) in [4.78, 5) is 15.0. The monoisotopic (exact) mass is 392 g/mol. The Hall–Kier alpha value is -1.75. The molecule has 0 radical (unpaired) electrons. The van der Waals surface area contributed by atoms with Gasteiger partial charge >= 0.3 is 0 Å². The topological polar surface area (TPSA) is 41.6 Å². The van der Waals surface area contributed by atoms with E-state index in [0.717, 1.165) is 36.5 Å². The number of nitrogens with zero attached hydrogens (tertiary/aromatic N) is 1. The first-order valence-corrected chi connectivity index (χ1v) is 9.42. The lowest BCUT2D eigenvalue weighted by Crippen LogP contribution is -2.40. The molecule has 1 fully saturated rings. The predicted octanol–water partition coefficient (Wildman–Crippen LogP) is 4.85. The van der Waals surface area contributed by atoms with Crippen molar-refractivity contribution in [3.8, 4) is 5.75 Å². The molecule has 1 aliphatic heterocycles. The van der Waals surface area contributed by atoms with E-state index in [1.807, 2.05) is 24.3 Å². The summed E-state index contributed by atoms with van der Waals surface area (Å²) >= 11 is 12.3. The number of rotatable bonds is 5.